The SMILES string of the molecule is CCc1cccc(CN(C)C(=O)CCl)c1. The molecule has 2 nitrogen and oxygen atoms in total. The fraction of sp³-hybridized carbons (Fsp3) is 0.417. The highest BCUT2D eigenvalue weighted by Crippen LogP contribution is 2.08. The standard InChI is InChI=1S/C12H16ClNO/c1-3-10-5-4-6-11(7-10)9-14(2)12(15)8-13/h4-7H,3,8-9H2,1-2H3. The first kappa shape index (κ1) is 12.1. The maximum atomic E-state index is 11.3. The average molecular weight is 226 g/mol. The van der Waals surface area contributed by atoms with Gasteiger partial charge in [-0.25, -0.2) is 0 Å². The van der Waals surface area contributed by atoms with Crippen molar-refractivity contribution in [3.05, 3.63) is 35.4 Å². The van der Waals surface area contributed by atoms with Crippen molar-refractivity contribution in [3.63, 3.8) is 0 Å². The van der Waals surface area contributed by atoms with Crippen LogP contribution in [0.25, 0.3) is 0 Å². The van der Waals surface area contributed by atoms with Crippen LogP contribution in [0.2, 0.25) is 0 Å². The highest BCUT2D eigenvalue weighted by molar-refractivity contribution is 6.27. The van der Waals surface area contributed by atoms with E-state index in [1.807, 2.05) is 12.1 Å². The Balaban J connectivity index is 2.67. The zero-order valence-corrected chi connectivity index (χ0v) is 9.92. The number of halogens is 1. The molecule has 82 valence electrons. The molecular weight excluding hydrogens is 210 g/mol. The summed E-state index contributed by atoms with van der Waals surface area (Å²) in [6.45, 7) is 2.74. The first-order chi connectivity index (χ1) is 7.17. The van der Waals surface area contributed by atoms with Crippen LogP contribution >= 0.6 is 11.6 Å². The van der Waals surface area contributed by atoms with Gasteiger partial charge in [0.15, 0.2) is 0 Å². The van der Waals surface area contributed by atoms with Crippen molar-refractivity contribution in [2.24, 2.45) is 0 Å². The van der Waals surface area contributed by atoms with Crippen molar-refractivity contribution >= 4 is 17.5 Å². The van der Waals surface area contributed by atoms with Crippen molar-refractivity contribution in [2.75, 3.05) is 12.9 Å². The van der Waals surface area contributed by atoms with Gasteiger partial charge in [-0.3, -0.25) is 4.79 Å². The number of carbonyl (C=O) groups excluding carboxylic acids is 1. The van der Waals surface area contributed by atoms with Crippen molar-refractivity contribution in [2.45, 2.75) is 19.9 Å². The van der Waals surface area contributed by atoms with Crippen LogP contribution < -0.4 is 0 Å². The minimum absolute atomic E-state index is 0.0430. The lowest BCUT2D eigenvalue weighted by Gasteiger charge is -2.16. The molecule has 0 fully saturated rings. The van der Waals surface area contributed by atoms with Crippen LogP contribution in [0.1, 0.15) is 18.1 Å². The van der Waals surface area contributed by atoms with Gasteiger partial charge in [0.05, 0.1) is 0 Å². The Bertz CT molecular complexity index is 338. The van der Waals surface area contributed by atoms with E-state index in [1.54, 1.807) is 11.9 Å². The van der Waals surface area contributed by atoms with Crippen LogP contribution in [-0.2, 0) is 17.8 Å². The molecule has 0 radical (unpaired) electrons. The fourth-order valence-electron chi connectivity index (χ4n) is 1.41. The summed E-state index contributed by atoms with van der Waals surface area (Å²) in [6, 6.07) is 8.26. The lowest BCUT2D eigenvalue weighted by atomic mass is 10.1. The van der Waals surface area contributed by atoms with Crippen LogP contribution in [0.15, 0.2) is 24.3 Å². The molecule has 0 unspecified atom stereocenters. The molecule has 0 heterocycles. The predicted octanol–water partition coefficient (Wildman–Crippen LogP) is 2.45. The molecule has 0 bridgehead atoms. The molecule has 1 amide bonds. The summed E-state index contributed by atoms with van der Waals surface area (Å²) in [6.07, 6.45) is 1.01. The molecule has 0 saturated carbocycles. The Labute approximate surface area is 95.8 Å². The van der Waals surface area contributed by atoms with Crippen molar-refractivity contribution in [1.29, 1.82) is 0 Å². The van der Waals surface area contributed by atoms with Gasteiger partial charge in [0.2, 0.25) is 5.91 Å². The van der Waals surface area contributed by atoms with E-state index in [-0.39, 0.29) is 11.8 Å². The van der Waals surface area contributed by atoms with Crippen LogP contribution in [0.3, 0.4) is 0 Å². The first-order valence-electron chi connectivity index (χ1n) is 5.05. The molecule has 0 saturated heterocycles. The second-order valence-electron chi connectivity index (χ2n) is 3.56. The van der Waals surface area contributed by atoms with Crippen molar-refractivity contribution in [1.82, 2.24) is 4.90 Å². The molecule has 0 aliphatic rings. The number of nitrogens with zero attached hydrogens (tertiary/aromatic N) is 1. The zero-order chi connectivity index (χ0) is 11.3. The van der Waals surface area contributed by atoms with Gasteiger partial charge in [-0.2, -0.15) is 0 Å². The summed E-state index contributed by atoms with van der Waals surface area (Å²) >= 11 is 5.48. The smallest absolute Gasteiger partial charge is 0.237 e. The molecule has 0 aliphatic carbocycles. The summed E-state index contributed by atoms with van der Waals surface area (Å²) in [5.74, 6) is 0.00261. The summed E-state index contributed by atoms with van der Waals surface area (Å²) in [4.78, 5) is 12.9. The van der Waals surface area contributed by atoms with Gasteiger partial charge in [0, 0.05) is 13.6 Å². The topological polar surface area (TPSA) is 20.3 Å². The van der Waals surface area contributed by atoms with Gasteiger partial charge >= 0.3 is 0 Å². The summed E-state index contributed by atoms with van der Waals surface area (Å²) in [7, 11) is 1.77. The number of alkyl halides is 1. The van der Waals surface area contributed by atoms with Gasteiger partial charge in [0.25, 0.3) is 0 Å². The van der Waals surface area contributed by atoms with Crippen LogP contribution in [0, 0.1) is 0 Å². The van der Waals surface area contributed by atoms with Crippen molar-refractivity contribution in [3.8, 4) is 0 Å². The Morgan fingerprint density at radius 3 is 2.67 bits per heavy atom. The van der Waals surface area contributed by atoms with E-state index in [4.69, 9.17) is 11.6 Å². The van der Waals surface area contributed by atoms with E-state index in [2.05, 4.69) is 19.1 Å². The Hall–Kier alpha value is -1.02. The maximum absolute atomic E-state index is 11.3. The molecule has 1 aromatic rings. The van der Waals surface area contributed by atoms with Gasteiger partial charge in [-0.1, -0.05) is 31.2 Å². The molecule has 3 heteroatoms. The number of carbonyl (C=O) groups is 1. The number of aryl methyl sites for hydroxylation is 1. The second-order valence-corrected chi connectivity index (χ2v) is 3.82. The number of hydrogen-bond acceptors (Lipinski definition) is 1. The molecule has 0 spiro atoms. The van der Waals surface area contributed by atoms with Gasteiger partial charge in [0.1, 0.15) is 5.88 Å². The Kier molecular flexibility index (Phi) is 4.63. The lowest BCUT2D eigenvalue weighted by Crippen LogP contribution is -2.27. The predicted molar refractivity (Wildman–Crippen MR) is 63.0 cm³/mol. The molecule has 1 rings (SSSR count). The van der Waals surface area contributed by atoms with Crippen LogP contribution in [0.5, 0.6) is 0 Å². The molecular formula is C12H16ClNO. The highest BCUT2D eigenvalue weighted by Gasteiger charge is 2.07. The minimum Gasteiger partial charge on any atom is -0.340 e. The number of amides is 1. The molecule has 15 heavy (non-hydrogen) atoms. The maximum Gasteiger partial charge on any atom is 0.237 e. The summed E-state index contributed by atoms with van der Waals surface area (Å²) < 4.78 is 0. The van der Waals surface area contributed by atoms with Gasteiger partial charge < -0.3 is 4.90 Å². The first-order valence-corrected chi connectivity index (χ1v) is 5.58. The third kappa shape index (κ3) is 3.56. The van der Waals surface area contributed by atoms with E-state index in [1.165, 1.54) is 5.56 Å². The largest absolute Gasteiger partial charge is 0.340 e. The van der Waals surface area contributed by atoms with Gasteiger partial charge in [-0.15, -0.1) is 11.6 Å². The van der Waals surface area contributed by atoms with E-state index in [9.17, 15) is 4.79 Å². The van der Waals surface area contributed by atoms with Crippen LogP contribution in [-0.4, -0.2) is 23.7 Å². The van der Waals surface area contributed by atoms with E-state index in [0.717, 1.165) is 12.0 Å². The average Bonchev–Trinajstić information content (AvgIpc) is 2.28. The Morgan fingerprint density at radius 2 is 2.07 bits per heavy atom. The van der Waals surface area contributed by atoms with E-state index < -0.39 is 0 Å². The molecule has 0 aromatic heterocycles. The second kappa shape index (κ2) is 5.76. The third-order valence-corrected chi connectivity index (χ3v) is 2.59. The molecule has 0 N–H and O–H groups in total. The fourth-order valence-corrected chi connectivity index (χ4v) is 1.62. The molecule has 1 aromatic carbocycles. The highest BCUT2D eigenvalue weighted by atomic mass is 35.5. The molecule has 0 aliphatic heterocycles. The van der Waals surface area contributed by atoms with E-state index >= 15 is 0 Å². The van der Waals surface area contributed by atoms with E-state index in [0.29, 0.717) is 6.54 Å². The lowest BCUT2D eigenvalue weighted by molar-refractivity contribution is -0.127. The quantitative estimate of drug-likeness (QED) is 0.721. The zero-order valence-electron chi connectivity index (χ0n) is 9.16. The number of rotatable bonds is 4. The molecule has 0 atom stereocenters. The normalized spacial score (nSPS) is 10.1. The minimum atomic E-state index is -0.0430. The summed E-state index contributed by atoms with van der Waals surface area (Å²) in [5, 5.41) is 0. The van der Waals surface area contributed by atoms with Crippen molar-refractivity contribution < 1.29 is 4.79 Å². The number of hydrogen-bond donors (Lipinski definition) is 0. The third-order valence-electron chi connectivity index (χ3n) is 2.36. The monoisotopic (exact) mass is 225 g/mol. The summed E-state index contributed by atoms with van der Waals surface area (Å²) in [5.41, 5.74) is 2.44. The van der Waals surface area contributed by atoms with Gasteiger partial charge in [-0.05, 0) is 17.5 Å². The number of benzene rings is 1. The Morgan fingerprint density at radius 1 is 1.40 bits per heavy atom. The van der Waals surface area contributed by atoms with Crippen LogP contribution in [0.4, 0.5) is 0 Å².